The average molecular weight is 296 g/mol. The van der Waals surface area contributed by atoms with Gasteiger partial charge in [-0.15, -0.1) is 0 Å². The minimum Gasteiger partial charge on any atom is -0.469 e. The van der Waals surface area contributed by atoms with Crippen molar-refractivity contribution in [3.05, 3.63) is 12.2 Å². The number of unbranched alkanes of at least 4 members (excludes halogenated alkanes) is 11. The Labute approximate surface area is 132 Å². The Kier molecular flexibility index (Phi) is 16.6. The maximum Gasteiger partial charge on any atom is 0.305 e. The molecule has 0 aliphatic carbocycles. The van der Waals surface area contributed by atoms with E-state index in [4.69, 9.17) is 0 Å². The molecule has 0 aromatic rings. The van der Waals surface area contributed by atoms with E-state index >= 15 is 0 Å². The molecule has 0 amide bonds. The van der Waals surface area contributed by atoms with Gasteiger partial charge in [-0.1, -0.05) is 76.9 Å². The third-order valence-corrected chi connectivity index (χ3v) is 3.87. The Morgan fingerprint density at radius 3 is 1.76 bits per heavy atom. The van der Waals surface area contributed by atoms with E-state index in [1.54, 1.807) is 0 Å². The van der Waals surface area contributed by atoms with Gasteiger partial charge in [-0.3, -0.25) is 4.79 Å². The zero-order valence-corrected chi connectivity index (χ0v) is 14.4. The average Bonchev–Trinajstić information content (AvgIpc) is 2.50. The van der Waals surface area contributed by atoms with E-state index in [-0.39, 0.29) is 5.97 Å². The Morgan fingerprint density at radius 1 is 0.762 bits per heavy atom. The SMILES string of the molecule is CCCC/C=C\CCCCCCCCCCCC(=O)OC. The number of hydrogen-bond acceptors (Lipinski definition) is 2. The molecule has 0 fully saturated rings. The van der Waals surface area contributed by atoms with Gasteiger partial charge in [0.05, 0.1) is 7.11 Å². The molecule has 0 spiro atoms. The fraction of sp³-hybridized carbons (Fsp3) is 0.842. The summed E-state index contributed by atoms with van der Waals surface area (Å²) in [5.74, 6) is -0.0706. The fourth-order valence-electron chi connectivity index (χ4n) is 2.43. The molecule has 0 saturated carbocycles. The third-order valence-electron chi connectivity index (χ3n) is 3.87. The van der Waals surface area contributed by atoms with Gasteiger partial charge in [0.25, 0.3) is 0 Å². The van der Waals surface area contributed by atoms with Crippen molar-refractivity contribution in [3.63, 3.8) is 0 Å². The summed E-state index contributed by atoms with van der Waals surface area (Å²) < 4.78 is 4.63. The summed E-state index contributed by atoms with van der Waals surface area (Å²) >= 11 is 0. The Hall–Kier alpha value is -0.790. The molecule has 0 aromatic carbocycles. The van der Waals surface area contributed by atoms with Crippen LogP contribution >= 0.6 is 0 Å². The molecule has 2 nitrogen and oxygen atoms in total. The van der Waals surface area contributed by atoms with Crippen LogP contribution in [0.1, 0.15) is 96.8 Å². The lowest BCUT2D eigenvalue weighted by Crippen LogP contribution is -1.99. The normalized spacial score (nSPS) is 11.1. The largest absolute Gasteiger partial charge is 0.469 e. The van der Waals surface area contributed by atoms with E-state index in [0.29, 0.717) is 6.42 Å². The zero-order chi connectivity index (χ0) is 15.6. The number of carbonyl (C=O) groups is 1. The third kappa shape index (κ3) is 17.2. The van der Waals surface area contributed by atoms with Gasteiger partial charge in [0.15, 0.2) is 0 Å². The quantitative estimate of drug-likeness (QED) is 0.204. The Bertz CT molecular complexity index is 246. The Morgan fingerprint density at radius 2 is 1.24 bits per heavy atom. The van der Waals surface area contributed by atoms with Crippen LogP contribution in [0.2, 0.25) is 0 Å². The summed E-state index contributed by atoms with van der Waals surface area (Å²) in [6, 6.07) is 0. The molecule has 0 rings (SSSR count). The molecule has 0 atom stereocenters. The number of rotatable bonds is 15. The van der Waals surface area contributed by atoms with Gasteiger partial charge in [0, 0.05) is 6.42 Å². The van der Waals surface area contributed by atoms with Crippen molar-refractivity contribution >= 4 is 5.97 Å². The van der Waals surface area contributed by atoms with Gasteiger partial charge < -0.3 is 4.74 Å². The predicted octanol–water partition coefficient (Wildman–Crippen LogP) is 6.20. The van der Waals surface area contributed by atoms with Crippen LogP contribution in [0.4, 0.5) is 0 Å². The molecule has 124 valence electrons. The summed E-state index contributed by atoms with van der Waals surface area (Å²) in [4.78, 5) is 10.9. The van der Waals surface area contributed by atoms with Crippen molar-refractivity contribution in [2.24, 2.45) is 0 Å². The lowest BCUT2D eigenvalue weighted by molar-refractivity contribution is -0.140. The number of methoxy groups -OCH3 is 1. The highest BCUT2D eigenvalue weighted by Crippen LogP contribution is 2.11. The van der Waals surface area contributed by atoms with Crippen molar-refractivity contribution in [2.45, 2.75) is 96.8 Å². The van der Waals surface area contributed by atoms with Crippen molar-refractivity contribution in [1.29, 1.82) is 0 Å². The minimum atomic E-state index is -0.0706. The number of hydrogen-bond donors (Lipinski definition) is 0. The second-order valence-electron chi connectivity index (χ2n) is 5.91. The highest BCUT2D eigenvalue weighted by molar-refractivity contribution is 5.68. The van der Waals surface area contributed by atoms with Gasteiger partial charge in [-0.2, -0.15) is 0 Å². The standard InChI is InChI=1S/C19H36O2/c1-3-4-5-6-7-8-9-10-11-12-13-14-15-16-17-18-19(20)21-2/h6-7H,3-5,8-18H2,1-2H3/b7-6-. The van der Waals surface area contributed by atoms with Gasteiger partial charge in [0.1, 0.15) is 0 Å². The first kappa shape index (κ1) is 20.2. The lowest BCUT2D eigenvalue weighted by atomic mass is 10.1. The minimum absolute atomic E-state index is 0.0706. The van der Waals surface area contributed by atoms with Crippen molar-refractivity contribution in [2.75, 3.05) is 7.11 Å². The summed E-state index contributed by atoms with van der Waals surface area (Å²) in [5, 5.41) is 0. The number of allylic oxidation sites excluding steroid dienone is 2. The highest BCUT2D eigenvalue weighted by atomic mass is 16.5. The maximum absolute atomic E-state index is 10.9. The zero-order valence-electron chi connectivity index (χ0n) is 14.4. The molecule has 0 saturated heterocycles. The fourth-order valence-corrected chi connectivity index (χ4v) is 2.43. The summed E-state index contributed by atoms with van der Waals surface area (Å²) in [7, 11) is 1.46. The van der Waals surface area contributed by atoms with Gasteiger partial charge in [0.2, 0.25) is 0 Å². The first-order valence-corrected chi connectivity index (χ1v) is 9.03. The molecule has 2 heteroatoms. The smallest absolute Gasteiger partial charge is 0.305 e. The molecule has 0 heterocycles. The van der Waals surface area contributed by atoms with E-state index in [9.17, 15) is 4.79 Å². The molecule has 0 aliphatic heterocycles. The number of carbonyl (C=O) groups excluding carboxylic acids is 1. The van der Waals surface area contributed by atoms with Crippen LogP contribution in [0.25, 0.3) is 0 Å². The molecule has 0 bridgehead atoms. The van der Waals surface area contributed by atoms with Crippen molar-refractivity contribution in [3.8, 4) is 0 Å². The van der Waals surface area contributed by atoms with E-state index in [0.717, 1.165) is 12.8 Å². The van der Waals surface area contributed by atoms with Crippen LogP contribution in [-0.2, 0) is 9.53 Å². The first-order chi connectivity index (χ1) is 10.3. The second kappa shape index (κ2) is 17.3. The molecular weight excluding hydrogens is 260 g/mol. The van der Waals surface area contributed by atoms with Crippen molar-refractivity contribution < 1.29 is 9.53 Å². The van der Waals surface area contributed by atoms with E-state index in [2.05, 4.69) is 23.8 Å². The predicted molar refractivity (Wildman–Crippen MR) is 91.5 cm³/mol. The number of esters is 1. The van der Waals surface area contributed by atoms with Crippen LogP contribution in [0.3, 0.4) is 0 Å². The maximum atomic E-state index is 10.9. The molecule has 0 N–H and O–H groups in total. The lowest BCUT2D eigenvalue weighted by Gasteiger charge is -2.02. The van der Waals surface area contributed by atoms with Gasteiger partial charge in [-0.25, -0.2) is 0 Å². The topological polar surface area (TPSA) is 26.3 Å². The summed E-state index contributed by atoms with van der Waals surface area (Å²) in [5.41, 5.74) is 0. The van der Waals surface area contributed by atoms with Gasteiger partial charge in [-0.05, 0) is 25.7 Å². The van der Waals surface area contributed by atoms with Crippen molar-refractivity contribution in [1.82, 2.24) is 0 Å². The second-order valence-corrected chi connectivity index (χ2v) is 5.91. The molecule has 0 radical (unpaired) electrons. The summed E-state index contributed by atoms with van der Waals surface area (Å²) in [6.45, 7) is 2.24. The van der Waals surface area contributed by atoms with E-state index in [1.807, 2.05) is 0 Å². The van der Waals surface area contributed by atoms with E-state index < -0.39 is 0 Å². The summed E-state index contributed by atoms with van der Waals surface area (Å²) in [6.07, 6.45) is 22.0. The first-order valence-electron chi connectivity index (χ1n) is 9.03. The van der Waals surface area contributed by atoms with Crippen LogP contribution in [0.15, 0.2) is 12.2 Å². The monoisotopic (exact) mass is 296 g/mol. The van der Waals surface area contributed by atoms with Crippen LogP contribution in [-0.4, -0.2) is 13.1 Å². The molecule has 0 unspecified atom stereocenters. The van der Waals surface area contributed by atoms with Crippen LogP contribution in [0.5, 0.6) is 0 Å². The molecule has 0 aliphatic rings. The van der Waals surface area contributed by atoms with E-state index in [1.165, 1.54) is 77.7 Å². The van der Waals surface area contributed by atoms with Gasteiger partial charge >= 0.3 is 5.97 Å². The Balaban J connectivity index is 3.06. The number of ether oxygens (including phenoxy) is 1. The highest BCUT2D eigenvalue weighted by Gasteiger charge is 1.98. The molecule has 21 heavy (non-hydrogen) atoms. The van der Waals surface area contributed by atoms with Crippen LogP contribution < -0.4 is 0 Å². The van der Waals surface area contributed by atoms with Crippen LogP contribution in [0, 0.1) is 0 Å². The molecule has 0 aromatic heterocycles. The molecular formula is C19H36O2.